The van der Waals surface area contributed by atoms with E-state index in [4.69, 9.17) is 5.11 Å². The number of hydrogen-bond acceptors (Lipinski definition) is 3. The van der Waals surface area contributed by atoms with Crippen LogP contribution in [-0.4, -0.2) is 42.3 Å². The molecule has 1 heterocycles. The molecule has 0 aliphatic carbocycles. The maximum atomic E-state index is 11.8. The molecule has 134 valence electrons. The van der Waals surface area contributed by atoms with Gasteiger partial charge < -0.3 is 15.7 Å². The molecule has 1 unspecified atom stereocenters. The summed E-state index contributed by atoms with van der Waals surface area (Å²) >= 11 is 0. The van der Waals surface area contributed by atoms with E-state index < -0.39 is 0 Å². The number of benzene rings is 1. The van der Waals surface area contributed by atoms with Crippen LogP contribution in [0.3, 0.4) is 0 Å². The van der Waals surface area contributed by atoms with Gasteiger partial charge in [0, 0.05) is 26.2 Å². The van der Waals surface area contributed by atoms with E-state index in [1.807, 2.05) is 6.92 Å². The summed E-state index contributed by atoms with van der Waals surface area (Å²) in [7, 11) is 0. The summed E-state index contributed by atoms with van der Waals surface area (Å²) in [6.45, 7) is 6.73. The molecule has 1 aliphatic rings. The lowest BCUT2D eigenvalue weighted by atomic mass is 10.1. The van der Waals surface area contributed by atoms with E-state index in [2.05, 4.69) is 39.8 Å². The van der Waals surface area contributed by atoms with Crippen LogP contribution in [0.15, 0.2) is 24.3 Å². The molecule has 0 saturated carbocycles. The molecule has 0 bridgehead atoms. The van der Waals surface area contributed by atoms with Gasteiger partial charge in [-0.2, -0.15) is 0 Å². The number of hydrogen-bond donors (Lipinski definition) is 3. The fourth-order valence-corrected chi connectivity index (χ4v) is 2.97. The molecule has 1 saturated heterocycles. The minimum absolute atomic E-state index is 0.155. The first-order valence-electron chi connectivity index (χ1n) is 9.10. The zero-order chi connectivity index (χ0) is 17.2. The van der Waals surface area contributed by atoms with E-state index in [-0.39, 0.29) is 18.6 Å². The zero-order valence-corrected chi connectivity index (χ0v) is 14.8. The largest absolute Gasteiger partial charge is 0.396 e. The third kappa shape index (κ3) is 6.89. The van der Waals surface area contributed by atoms with Crippen LogP contribution in [0.1, 0.15) is 43.7 Å². The summed E-state index contributed by atoms with van der Waals surface area (Å²) < 4.78 is 0. The molecule has 0 aromatic heterocycles. The zero-order valence-electron chi connectivity index (χ0n) is 14.8. The summed E-state index contributed by atoms with van der Waals surface area (Å²) in [5.41, 5.74) is 2.44. The highest BCUT2D eigenvalue weighted by Gasteiger charge is 2.10. The van der Waals surface area contributed by atoms with E-state index in [1.165, 1.54) is 37.9 Å². The monoisotopic (exact) mass is 333 g/mol. The summed E-state index contributed by atoms with van der Waals surface area (Å²) in [5, 5.41) is 14.6. The molecule has 1 fully saturated rings. The lowest BCUT2D eigenvalue weighted by Gasteiger charge is -2.26. The van der Waals surface area contributed by atoms with Crippen molar-refractivity contribution in [3.8, 4) is 0 Å². The topological polar surface area (TPSA) is 64.6 Å². The summed E-state index contributed by atoms with van der Waals surface area (Å²) in [6.07, 6.45) is 4.70. The van der Waals surface area contributed by atoms with Gasteiger partial charge >= 0.3 is 6.03 Å². The molecular formula is C19H31N3O2. The molecule has 5 nitrogen and oxygen atoms in total. The van der Waals surface area contributed by atoms with Crippen molar-refractivity contribution in [3.05, 3.63) is 35.4 Å². The quantitative estimate of drug-likeness (QED) is 0.685. The normalized spacial score (nSPS) is 16.6. The fourth-order valence-electron chi connectivity index (χ4n) is 2.97. The highest BCUT2D eigenvalue weighted by atomic mass is 16.3. The van der Waals surface area contributed by atoms with Gasteiger partial charge in [0.05, 0.1) is 0 Å². The number of amides is 2. The number of rotatable bonds is 8. The van der Waals surface area contributed by atoms with Gasteiger partial charge in [0.2, 0.25) is 0 Å². The van der Waals surface area contributed by atoms with Gasteiger partial charge in [-0.05, 0) is 49.4 Å². The van der Waals surface area contributed by atoms with Crippen molar-refractivity contribution < 1.29 is 9.90 Å². The number of aliphatic hydroxyl groups is 1. The average Bonchev–Trinajstić information content (AvgIpc) is 2.60. The second-order valence-corrected chi connectivity index (χ2v) is 6.83. The fraction of sp³-hybridized carbons (Fsp3) is 0.632. The van der Waals surface area contributed by atoms with Crippen molar-refractivity contribution in [1.82, 2.24) is 15.5 Å². The van der Waals surface area contributed by atoms with Crippen LogP contribution in [0, 0.1) is 5.92 Å². The molecule has 24 heavy (non-hydrogen) atoms. The van der Waals surface area contributed by atoms with Gasteiger partial charge in [-0.3, -0.25) is 4.90 Å². The maximum absolute atomic E-state index is 11.8. The van der Waals surface area contributed by atoms with Crippen molar-refractivity contribution in [1.29, 1.82) is 0 Å². The van der Waals surface area contributed by atoms with E-state index in [0.717, 1.165) is 12.1 Å². The average molecular weight is 333 g/mol. The van der Waals surface area contributed by atoms with Crippen molar-refractivity contribution >= 4 is 6.03 Å². The lowest BCUT2D eigenvalue weighted by molar-refractivity contribution is 0.221. The first-order chi connectivity index (χ1) is 11.7. The van der Waals surface area contributed by atoms with Crippen molar-refractivity contribution in [2.75, 3.05) is 26.2 Å². The van der Waals surface area contributed by atoms with Gasteiger partial charge in [0.25, 0.3) is 0 Å². The third-order valence-corrected chi connectivity index (χ3v) is 4.56. The predicted octanol–water partition coefficient (Wildman–Crippen LogP) is 2.49. The summed E-state index contributed by atoms with van der Waals surface area (Å²) in [4.78, 5) is 14.3. The maximum Gasteiger partial charge on any atom is 0.315 e. The number of carbonyl (C=O) groups is 1. The van der Waals surface area contributed by atoms with Gasteiger partial charge in [-0.15, -0.1) is 0 Å². The van der Waals surface area contributed by atoms with E-state index in [0.29, 0.717) is 19.5 Å². The lowest BCUT2D eigenvalue weighted by Crippen LogP contribution is -2.37. The molecule has 0 radical (unpaired) electrons. The predicted molar refractivity (Wildman–Crippen MR) is 96.7 cm³/mol. The summed E-state index contributed by atoms with van der Waals surface area (Å²) in [5.74, 6) is 0.287. The smallest absolute Gasteiger partial charge is 0.315 e. The van der Waals surface area contributed by atoms with E-state index >= 15 is 0 Å². The first kappa shape index (κ1) is 18.7. The molecule has 3 N–H and O–H groups in total. The number of nitrogens with zero attached hydrogens (tertiary/aromatic N) is 1. The number of urea groups is 1. The Balaban J connectivity index is 1.68. The molecule has 5 heteroatoms. The Morgan fingerprint density at radius 3 is 2.46 bits per heavy atom. The Morgan fingerprint density at radius 2 is 1.79 bits per heavy atom. The Kier molecular flexibility index (Phi) is 8.05. The Hall–Kier alpha value is -1.59. The second-order valence-electron chi connectivity index (χ2n) is 6.83. The van der Waals surface area contributed by atoms with E-state index in [1.54, 1.807) is 0 Å². The van der Waals surface area contributed by atoms with Gasteiger partial charge in [0.15, 0.2) is 0 Å². The van der Waals surface area contributed by atoms with Crippen LogP contribution in [0.25, 0.3) is 0 Å². The van der Waals surface area contributed by atoms with Crippen molar-refractivity contribution in [2.45, 2.75) is 45.7 Å². The Labute approximate surface area is 145 Å². The number of piperidine rings is 1. The highest BCUT2D eigenvalue weighted by molar-refractivity contribution is 5.73. The number of aliphatic hydroxyl groups excluding tert-OH is 1. The van der Waals surface area contributed by atoms with Crippen molar-refractivity contribution in [2.24, 2.45) is 5.92 Å². The molecule has 2 amide bonds. The molecule has 0 spiro atoms. The van der Waals surface area contributed by atoms with E-state index in [9.17, 15) is 4.79 Å². The highest BCUT2D eigenvalue weighted by Crippen LogP contribution is 2.13. The van der Waals surface area contributed by atoms with Gasteiger partial charge in [0.1, 0.15) is 0 Å². The molecule has 1 aromatic rings. The Bertz CT molecular complexity index is 484. The van der Waals surface area contributed by atoms with Crippen LogP contribution in [0.2, 0.25) is 0 Å². The minimum atomic E-state index is -0.155. The van der Waals surface area contributed by atoms with Gasteiger partial charge in [-0.25, -0.2) is 4.79 Å². The third-order valence-electron chi connectivity index (χ3n) is 4.56. The van der Waals surface area contributed by atoms with Crippen LogP contribution in [-0.2, 0) is 13.1 Å². The molecule has 2 rings (SSSR count). The first-order valence-corrected chi connectivity index (χ1v) is 9.10. The number of nitrogens with one attached hydrogen (secondary N) is 2. The number of carbonyl (C=O) groups excluding carboxylic acids is 1. The SMILES string of the molecule is CC(CCO)CNC(=O)NCc1ccc(CN2CCCCC2)cc1. The van der Waals surface area contributed by atoms with Crippen LogP contribution < -0.4 is 10.6 Å². The minimum Gasteiger partial charge on any atom is -0.396 e. The summed E-state index contributed by atoms with van der Waals surface area (Å²) in [6, 6.07) is 8.35. The van der Waals surface area contributed by atoms with Crippen LogP contribution in [0.4, 0.5) is 4.79 Å². The van der Waals surface area contributed by atoms with Gasteiger partial charge in [-0.1, -0.05) is 37.6 Å². The molecular weight excluding hydrogens is 302 g/mol. The van der Waals surface area contributed by atoms with Crippen LogP contribution >= 0.6 is 0 Å². The second kappa shape index (κ2) is 10.3. The van der Waals surface area contributed by atoms with Crippen molar-refractivity contribution in [3.63, 3.8) is 0 Å². The molecule has 1 atom stereocenters. The molecule has 1 aliphatic heterocycles. The van der Waals surface area contributed by atoms with Crippen LogP contribution in [0.5, 0.6) is 0 Å². The Morgan fingerprint density at radius 1 is 1.12 bits per heavy atom. The number of likely N-dealkylation sites (tertiary alicyclic amines) is 1. The standard InChI is InChI=1S/C19H31N3O2/c1-16(9-12-23)13-20-19(24)21-14-17-5-7-18(8-6-17)15-22-10-3-2-4-11-22/h5-8,16,23H,2-4,9-15H2,1H3,(H2,20,21,24). The molecule has 1 aromatic carbocycles.